The van der Waals surface area contributed by atoms with Gasteiger partial charge in [-0.1, -0.05) is 56.6 Å². The van der Waals surface area contributed by atoms with Gasteiger partial charge in [0.25, 0.3) is 0 Å². The van der Waals surface area contributed by atoms with Gasteiger partial charge in [-0.25, -0.2) is 4.39 Å². The fourth-order valence-corrected chi connectivity index (χ4v) is 2.65. The van der Waals surface area contributed by atoms with E-state index >= 15 is 0 Å². The summed E-state index contributed by atoms with van der Waals surface area (Å²) in [5.41, 5.74) is 3.07. The molecule has 2 aromatic carbocycles. The molecule has 25 heavy (non-hydrogen) atoms. The van der Waals surface area contributed by atoms with Gasteiger partial charge in [0.15, 0.2) is 5.82 Å². The van der Waals surface area contributed by atoms with Crippen molar-refractivity contribution in [2.24, 2.45) is 4.99 Å². The third-order valence-corrected chi connectivity index (χ3v) is 4.08. The molecule has 2 rings (SSSR count). The first-order valence-electron chi connectivity index (χ1n) is 8.71. The van der Waals surface area contributed by atoms with E-state index in [9.17, 15) is 4.39 Å². The number of isothiocyanates is 1. The minimum absolute atomic E-state index is 0.184. The number of unbranched alkanes of at least 4 members (excludes halogenated alkanes) is 4. The van der Waals surface area contributed by atoms with Crippen LogP contribution in [-0.4, -0.2) is 5.16 Å². The van der Waals surface area contributed by atoms with Gasteiger partial charge in [-0.3, -0.25) is 0 Å². The van der Waals surface area contributed by atoms with Crippen molar-refractivity contribution in [1.29, 1.82) is 0 Å². The maximum Gasteiger partial charge on any atom is 0.150 e. The predicted octanol–water partition coefficient (Wildman–Crippen LogP) is 6.47. The van der Waals surface area contributed by atoms with Crippen LogP contribution in [0.5, 0.6) is 0 Å². The lowest BCUT2D eigenvalue weighted by atomic mass is 10.0. The van der Waals surface area contributed by atoms with E-state index in [4.69, 9.17) is 0 Å². The number of benzene rings is 2. The predicted molar refractivity (Wildman–Crippen MR) is 106 cm³/mol. The summed E-state index contributed by atoms with van der Waals surface area (Å²) in [7, 11) is 0. The maximum absolute atomic E-state index is 13.8. The summed E-state index contributed by atoms with van der Waals surface area (Å²) in [5, 5.41) is 2.16. The molecule has 1 nitrogen and oxygen atoms in total. The van der Waals surface area contributed by atoms with E-state index in [-0.39, 0.29) is 5.69 Å². The molecule has 3 heteroatoms. The molecule has 0 unspecified atom stereocenters. The molecular weight excluding hydrogens is 329 g/mol. The number of hydrogen-bond acceptors (Lipinski definition) is 2. The molecule has 0 aliphatic heterocycles. The Kier molecular flexibility index (Phi) is 8.05. The van der Waals surface area contributed by atoms with Crippen LogP contribution in [0.1, 0.15) is 55.7 Å². The lowest BCUT2D eigenvalue weighted by molar-refractivity contribution is 0.629. The molecule has 0 N–H and O–H groups in total. The van der Waals surface area contributed by atoms with E-state index in [0.717, 1.165) is 12.0 Å². The van der Waals surface area contributed by atoms with E-state index in [2.05, 4.69) is 53.3 Å². The fourth-order valence-electron chi connectivity index (χ4n) is 2.56. The van der Waals surface area contributed by atoms with Gasteiger partial charge in [-0.15, -0.1) is 0 Å². The number of hydrogen-bond donors (Lipinski definition) is 0. The average molecular weight is 351 g/mol. The Labute approximate surface area is 155 Å². The molecule has 0 bridgehead atoms. The first kappa shape index (κ1) is 19.1. The Hall–Kier alpha value is -2.27. The third kappa shape index (κ3) is 6.63. The molecule has 0 spiro atoms. The fraction of sp³-hybridized carbons (Fsp3) is 0.318. The van der Waals surface area contributed by atoms with Crippen molar-refractivity contribution in [2.45, 2.75) is 45.4 Å². The second-order valence-electron chi connectivity index (χ2n) is 5.98. The quantitative estimate of drug-likeness (QED) is 0.241. The molecule has 0 fully saturated rings. The highest BCUT2D eigenvalue weighted by molar-refractivity contribution is 7.78. The van der Waals surface area contributed by atoms with E-state index in [1.165, 1.54) is 43.7 Å². The molecule has 0 amide bonds. The summed E-state index contributed by atoms with van der Waals surface area (Å²) >= 11 is 4.49. The van der Waals surface area contributed by atoms with Crippen LogP contribution < -0.4 is 0 Å². The van der Waals surface area contributed by atoms with Gasteiger partial charge in [0.2, 0.25) is 0 Å². The molecule has 0 aliphatic carbocycles. The molecule has 128 valence electrons. The Balaban J connectivity index is 1.94. The first-order chi connectivity index (χ1) is 12.2. The van der Waals surface area contributed by atoms with Crippen molar-refractivity contribution in [3.63, 3.8) is 0 Å². The zero-order valence-corrected chi connectivity index (χ0v) is 15.3. The summed E-state index contributed by atoms with van der Waals surface area (Å²) < 4.78 is 13.8. The van der Waals surface area contributed by atoms with Crippen LogP contribution in [0.4, 0.5) is 10.1 Å². The zero-order valence-electron chi connectivity index (χ0n) is 14.5. The smallest absolute Gasteiger partial charge is 0.150 e. The summed E-state index contributed by atoms with van der Waals surface area (Å²) in [5.74, 6) is 5.60. The van der Waals surface area contributed by atoms with Crippen molar-refractivity contribution in [2.75, 3.05) is 0 Å². The van der Waals surface area contributed by atoms with Crippen LogP contribution >= 0.6 is 12.2 Å². The second-order valence-corrected chi connectivity index (χ2v) is 6.16. The Morgan fingerprint density at radius 2 is 1.60 bits per heavy atom. The molecule has 0 radical (unpaired) electrons. The van der Waals surface area contributed by atoms with Gasteiger partial charge in [0, 0.05) is 11.1 Å². The number of rotatable bonds is 7. The molecule has 2 aromatic rings. The van der Waals surface area contributed by atoms with E-state index in [1.54, 1.807) is 12.1 Å². The topological polar surface area (TPSA) is 12.4 Å². The molecular formula is C22H22FNS. The number of nitrogens with zero attached hydrogens (tertiary/aromatic N) is 1. The SMILES string of the molecule is CCCCCCCc1ccc(C#Cc2ccc(N=C=S)c(F)c2)cc1. The standard InChI is InChI=1S/C22H22FNS/c1-2-3-4-5-6-7-18-8-10-19(11-9-18)12-13-20-14-15-22(24-17-25)21(23)16-20/h8-11,14-16H,2-7H2,1H3. The Morgan fingerprint density at radius 3 is 2.28 bits per heavy atom. The van der Waals surface area contributed by atoms with E-state index < -0.39 is 5.82 Å². The van der Waals surface area contributed by atoms with E-state index in [0.29, 0.717) is 5.56 Å². The molecule has 0 aromatic heterocycles. The highest BCUT2D eigenvalue weighted by atomic mass is 32.1. The van der Waals surface area contributed by atoms with Crippen LogP contribution in [0.3, 0.4) is 0 Å². The normalized spacial score (nSPS) is 9.84. The maximum atomic E-state index is 13.8. The second kappa shape index (κ2) is 10.6. The van der Waals surface area contributed by atoms with E-state index in [1.807, 2.05) is 12.1 Å². The number of halogens is 1. The number of aryl methyl sites for hydroxylation is 1. The third-order valence-electron chi connectivity index (χ3n) is 3.99. The van der Waals surface area contributed by atoms with Crippen LogP contribution in [0.2, 0.25) is 0 Å². The van der Waals surface area contributed by atoms with Crippen molar-refractivity contribution < 1.29 is 4.39 Å². The van der Waals surface area contributed by atoms with Gasteiger partial charge < -0.3 is 0 Å². The van der Waals surface area contributed by atoms with Crippen molar-refractivity contribution in [3.8, 4) is 11.8 Å². The van der Waals surface area contributed by atoms with Gasteiger partial charge in [-0.2, -0.15) is 4.99 Å². The Morgan fingerprint density at radius 1 is 0.920 bits per heavy atom. The summed E-state index contributed by atoms with van der Waals surface area (Å²) in [6.45, 7) is 2.23. The monoisotopic (exact) mass is 351 g/mol. The van der Waals surface area contributed by atoms with Crippen molar-refractivity contribution >= 4 is 23.1 Å². The van der Waals surface area contributed by atoms with Gasteiger partial charge >= 0.3 is 0 Å². The zero-order chi connectivity index (χ0) is 17.9. The van der Waals surface area contributed by atoms with Gasteiger partial charge in [-0.05, 0) is 61.0 Å². The molecule has 0 saturated heterocycles. The van der Waals surface area contributed by atoms with Crippen LogP contribution in [0.15, 0.2) is 47.5 Å². The lowest BCUT2D eigenvalue weighted by Gasteiger charge is -2.02. The van der Waals surface area contributed by atoms with Crippen molar-refractivity contribution in [3.05, 3.63) is 65.0 Å². The number of thiocarbonyl (C=S) groups is 1. The summed E-state index contributed by atoms with van der Waals surface area (Å²) in [6, 6.07) is 12.9. The minimum atomic E-state index is -0.442. The highest BCUT2D eigenvalue weighted by Gasteiger charge is 2.00. The minimum Gasteiger partial charge on any atom is -0.205 e. The van der Waals surface area contributed by atoms with Crippen LogP contribution in [-0.2, 0) is 6.42 Å². The molecule has 0 atom stereocenters. The first-order valence-corrected chi connectivity index (χ1v) is 9.12. The van der Waals surface area contributed by atoms with Gasteiger partial charge in [0.05, 0.1) is 5.16 Å². The largest absolute Gasteiger partial charge is 0.205 e. The molecule has 0 saturated carbocycles. The highest BCUT2D eigenvalue weighted by Crippen LogP contribution is 2.18. The van der Waals surface area contributed by atoms with Crippen molar-refractivity contribution in [1.82, 2.24) is 0 Å². The molecule has 0 heterocycles. The lowest BCUT2D eigenvalue weighted by Crippen LogP contribution is -1.86. The van der Waals surface area contributed by atoms with Crippen LogP contribution in [0.25, 0.3) is 0 Å². The number of aliphatic imine (C=N–C) groups is 1. The average Bonchev–Trinajstić information content (AvgIpc) is 2.63. The summed E-state index contributed by atoms with van der Waals surface area (Å²) in [4.78, 5) is 3.66. The van der Waals surface area contributed by atoms with Crippen LogP contribution in [0, 0.1) is 17.7 Å². The van der Waals surface area contributed by atoms with Gasteiger partial charge in [0.1, 0.15) is 5.69 Å². The molecule has 0 aliphatic rings. The Bertz CT molecular complexity index is 793. The summed E-state index contributed by atoms with van der Waals surface area (Å²) in [6.07, 6.45) is 7.58.